The average molecular weight is 180 g/mol. The predicted molar refractivity (Wildman–Crippen MR) is 46.9 cm³/mol. The fourth-order valence-corrected chi connectivity index (χ4v) is 1.65. The van der Waals surface area contributed by atoms with Crippen molar-refractivity contribution in [2.24, 2.45) is 0 Å². The lowest BCUT2D eigenvalue weighted by molar-refractivity contribution is 0.0695. The van der Waals surface area contributed by atoms with Crippen LogP contribution >= 0.6 is 0 Å². The average Bonchev–Trinajstić information content (AvgIpc) is 2.78. The van der Waals surface area contributed by atoms with E-state index in [-0.39, 0.29) is 0 Å². The number of carbonyl (C=O) groups is 1. The Hall–Kier alpha value is -1.32. The summed E-state index contributed by atoms with van der Waals surface area (Å²) >= 11 is 0. The highest BCUT2D eigenvalue weighted by molar-refractivity contribution is 5.90. The summed E-state index contributed by atoms with van der Waals surface area (Å²) < 4.78 is 1.85. The minimum Gasteiger partial charge on any atom is -0.478 e. The second kappa shape index (κ2) is 2.58. The quantitative estimate of drug-likeness (QED) is 0.750. The Bertz CT molecular complexity index is 364. The summed E-state index contributed by atoms with van der Waals surface area (Å²) in [7, 11) is 0. The lowest BCUT2D eigenvalue weighted by Gasteiger charge is -1.99. The van der Waals surface area contributed by atoms with Gasteiger partial charge in [0.15, 0.2) is 0 Å². The number of hydrogen-bond acceptors (Lipinski definition) is 2. The maximum atomic E-state index is 10.8. The van der Waals surface area contributed by atoms with Crippen LogP contribution in [-0.4, -0.2) is 20.9 Å². The molecule has 0 aliphatic heterocycles. The summed E-state index contributed by atoms with van der Waals surface area (Å²) in [5, 5.41) is 13.1. The van der Waals surface area contributed by atoms with Crippen LogP contribution in [0.2, 0.25) is 0 Å². The first-order chi connectivity index (χ1) is 6.11. The van der Waals surface area contributed by atoms with Crippen LogP contribution in [0.25, 0.3) is 0 Å². The molecule has 0 radical (unpaired) electrons. The van der Waals surface area contributed by atoms with Gasteiger partial charge in [-0.3, -0.25) is 4.68 Å². The number of carboxylic acid groups (broad SMARTS) is 1. The molecule has 0 aromatic carbocycles. The first kappa shape index (κ1) is 8.29. The van der Waals surface area contributed by atoms with Crippen molar-refractivity contribution in [2.45, 2.75) is 32.7 Å². The molecule has 4 nitrogen and oxygen atoms in total. The fraction of sp³-hybridized carbons (Fsp3) is 0.556. The summed E-state index contributed by atoms with van der Waals surface area (Å²) in [6, 6.07) is 0.451. The number of nitrogens with zero attached hydrogens (tertiary/aromatic N) is 2. The smallest absolute Gasteiger partial charge is 0.339 e. The lowest BCUT2D eigenvalue weighted by Crippen LogP contribution is -2.02. The van der Waals surface area contributed by atoms with Gasteiger partial charge in [-0.05, 0) is 26.7 Å². The van der Waals surface area contributed by atoms with Crippen LogP contribution in [0.1, 0.15) is 40.6 Å². The molecule has 4 heteroatoms. The van der Waals surface area contributed by atoms with E-state index >= 15 is 0 Å². The molecular formula is C9H12N2O2. The second-order valence-electron chi connectivity index (χ2n) is 3.53. The zero-order chi connectivity index (χ0) is 9.59. The second-order valence-corrected chi connectivity index (χ2v) is 3.53. The molecule has 1 saturated carbocycles. The summed E-state index contributed by atoms with van der Waals surface area (Å²) in [4.78, 5) is 10.8. The molecule has 0 atom stereocenters. The van der Waals surface area contributed by atoms with E-state index in [1.807, 2.05) is 11.6 Å². The largest absolute Gasteiger partial charge is 0.478 e. The fourth-order valence-electron chi connectivity index (χ4n) is 1.65. The van der Waals surface area contributed by atoms with Gasteiger partial charge >= 0.3 is 5.97 Å². The molecule has 0 amide bonds. The molecule has 1 aromatic rings. The zero-order valence-electron chi connectivity index (χ0n) is 7.74. The first-order valence-corrected chi connectivity index (χ1v) is 4.40. The van der Waals surface area contributed by atoms with E-state index in [0.717, 1.165) is 18.5 Å². The molecule has 1 fully saturated rings. The molecule has 70 valence electrons. The Kier molecular flexibility index (Phi) is 1.65. The molecule has 0 saturated heterocycles. The SMILES string of the molecule is Cc1nn(C2CC2)c(C)c1C(=O)O. The third-order valence-electron chi connectivity index (χ3n) is 2.43. The Morgan fingerprint density at radius 3 is 2.54 bits per heavy atom. The minimum atomic E-state index is -0.873. The molecular weight excluding hydrogens is 168 g/mol. The Morgan fingerprint density at radius 1 is 1.54 bits per heavy atom. The third kappa shape index (κ3) is 1.22. The molecule has 1 aromatic heterocycles. The number of aromatic carboxylic acids is 1. The van der Waals surface area contributed by atoms with Crippen molar-refractivity contribution >= 4 is 5.97 Å². The number of hydrogen-bond donors (Lipinski definition) is 1. The molecule has 1 N–H and O–H groups in total. The van der Waals surface area contributed by atoms with E-state index in [1.165, 1.54) is 0 Å². The van der Waals surface area contributed by atoms with Gasteiger partial charge in [0.2, 0.25) is 0 Å². The molecule has 0 spiro atoms. The van der Waals surface area contributed by atoms with Gasteiger partial charge in [0.05, 0.1) is 17.4 Å². The van der Waals surface area contributed by atoms with Crippen LogP contribution in [0.3, 0.4) is 0 Å². The molecule has 2 rings (SSSR count). The Labute approximate surface area is 76.2 Å². The molecule has 1 heterocycles. The summed E-state index contributed by atoms with van der Waals surface area (Å²) in [5.74, 6) is -0.873. The van der Waals surface area contributed by atoms with Crippen LogP contribution in [0.4, 0.5) is 0 Å². The summed E-state index contributed by atoms with van der Waals surface area (Å²) in [6.45, 7) is 3.57. The van der Waals surface area contributed by atoms with Gasteiger partial charge in [-0.15, -0.1) is 0 Å². The van der Waals surface area contributed by atoms with E-state index in [2.05, 4.69) is 5.10 Å². The standard InChI is InChI=1S/C9H12N2O2/c1-5-8(9(12)13)6(2)11(10-5)7-3-4-7/h7H,3-4H2,1-2H3,(H,12,13). The van der Waals surface area contributed by atoms with Gasteiger partial charge in [-0.2, -0.15) is 5.10 Å². The van der Waals surface area contributed by atoms with Gasteiger partial charge in [0.1, 0.15) is 5.56 Å². The number of rotatable bonds is 2. The molecule has 0 bridgehead atoms. The zero-order valence-corrected chi connectivity index (χ0v) is 7.74. The highest BCUT2D eigenvalue weighted by Gasteiger charge is 2.29. The summed E-state index contributed by atoms with van der Waals surface area (Å²) in [6.07, 6.45) is 2.25. The monoisotopic (exact) mass is 180 g/mol. The highest BCUT2D eigenvalue weighted by atomic mass is 16.4. The minimum absolute atomic E-state index is 0.368. The number of carboxylic acids is 1. The van der Waals surface area contributed by atoms with E-state index < -0.39 is 5.97 Å². The van der Waals surface area contributed by atoms with Gasteiger partial charge in [0, 0.05) is 0 Å². The Balaban J connectivity index is 2.50. The van der Waals surface area contributed by atoms with Crippen molar-refractivity contribution < 1.29 is 9.90 Å². The molecule has 13 heavy (non-hydrogen) atoms. The molecule has 1 aliphatic carbocycles. The normalized spacial score (nSPS) is 16.2. The van der Waals surface area contributed by atoms with Crippen molar-refractivity contribution in [3.05, 3.63) is 17.0 Å². The molecule has 1 aliphatic rings. The Morgan fingerprint density at radius 2 is 2.15 bits per heavy atom. The van der Waals surface area contributed by atoms with E-state index in [1.54, 1.807) is 6.92 Å². The van der Waals surface area contributed by atoms with Gasteiger partial charge in [-0.1, -0.05) is 0 Å². The van der Waals surface area contributed by atoms with Gasteiger partial charge in [0.25, 0.3) is 0 Å². The van der Waals surface area contributed by atoms with Gasteiger partial charge in [-0.25, -0.2) is 4.79 Å². The maximum Gasteiger partial charge on any atom is 0.339 e. The highest BCUT2D eigenvalue weighted by Crippen LogP contribution is 2.36. The maximum absolute atomic E-state index is 10.8. The van der Waals surface area contributed by atoms with Crippen LogP contribution < -0.4 is 0 Å². The van der Waals surface area contributed by atoms with Crippen LogP contribution in [0, 0.1) is 13.8 Å². The lowest BCUT2D eigenvalue weighted by atomic mass is 10.2. The van der Waals surface area contributed by atoms with Crippen LogP contribution in [0.5, 0.6) is 0 Å². The van der Waals surface area contributed by atoms with Crippen molar-refractivity contribution in [1.82, 2.24) is 9.78 Å². The van der Waals surface area contributed by atoms with E-state index in [9.17, 15) is 4.79 Å². The van der Waals surface area contributed by atoms with Crippen LogP contribution in [0.15, 0.2) is 0 Å². The predicted octanol–water partition coefficient (Wildman–Crippen LogP) is 1.53. The van der Waals surface area contributed by atoms with Gasteiger partial charge < -0.3 is 5.11 Å². The summed E-state index contributed by atoms with van der Waals surface area (Å²) in [5.41, 5.74) is 1.77. The van der Waals surface area contributed by atoms with E-state index in [0.29, 0.717) is 17.3 Å². The topological polar surface area (TPSA) is 55.1 Å². The first-order valence-electron chi connectivity index (χ1n) is 4.40. The number of aromatic nitrogens is 2. The van der Waals surface area contributed by atoms with Crippen LogP contribution in [-0.2, 0) is 0 Å². The molecule has 0 unspecified atom stereocenters. The van der Waals surface area contributed by atoms with Crippen molar-refractivity contribution in [3.63, 3.8) is 0 Å². The van der Waals surface area contributed by atoms with E-state index in [4.69, 9.17) is 5.11 Å². The van der Waals surface area contributed by atoms with Crippen molar-refractivity contribution in [3.8, 4) is 0 Å². The third-order valence-corrected chi connectivity index (χ3v) is 2.43. The van der Waals surface area contributed by atoms with Crippen molar-refractivity contribution in [2.75, 3.05) is 0 Å². The van der Waals surface area contributed by atoms with Crippen molar-refractivity contribution in [1.29, 1.82) is 0 Å². The number of aryl methyl sites for hydroxylation is 1.